The molecule has 0 aromatic rings. The fourth-order valence-corrected chi connectivity index (χ4v) is 0.194. The third kappa shape index (κ3) is 0.758. The van der Waals surface area contributed by atoms with Crippen LogP contribution in [0.3, 0.4) is 0 Å². The van der Waals surface area contributed by atoms with Crippen LogP contribution in [0.25, 0.3) is 0 Å². The lowest BCUT2D eigenvalue weighted by molar-refractivity contribution is 0.196. The first-order chi connectivity index (χ1) is 2.43. The molecular weight excluding hydrogens is 91.5 g/mol. The van der Waals surface area contributed by atoms with Gasteiger partial charge in [-0.15, -0.1) is 0 Å². The van der Waals surface area contributed by atoms with Gasteiger partial charge in [-0.1, -0.05) is 0 Å². The van der Waals surface area contributed by atoms with E-state index in [1.54, 1.807) is 0 Å². The highest BCUT2D eigenvalue weighted by Crippen LogP contribution is 2.10. The Morgan fingerprint density at radius 3 is 2.60 bits per heavy atom. The smallest absolute Gasteiger partial charge is 0.200 e. The molecule has 1 aliphatic rings. The van der Waals surface area contributed by atoms with Gasteiger partial charge in [0.15, 0.2) is 0 Å². The van der Waals surface area contributed by atoms with Gasteiger partial charge < -0.3 is 4.74 Å². The van der Waals surface area contributed by atoms with Gasteiger partial charge in [0, 0.05) is 0 Å². The van der Waals surface area contributed by atoms with E-state index >= 15 is 0 Å². The van der Waals surface area contributed by atoms with Crippen molar-refractivity contribution >= 4 is 11.9 Å². The summed E-state index contributed by atoms with van der Waals surface area (Å²) in [6.45, 7) is 0.656. The van der Waals surface area contributed by atoms with Gasteiger partial charge in [0.1, 0.15) is 6.61 Å². The van der Waals surface area contributed by atoms with Crippen molar-refractivity contribution in [1.82, 2.24) is 0 Å². The molecule has 30 valence electrons. The third-order valence-corrected chi connectivity index (χ3v) is 0.601. The van der Waals surface area contributed by atoms with E-state index < -0.39 is 0 Å². The summed E-state index contributed by atoms with van der Waals surface area (Å²) in [6.07, 6.45) is -0.100. The number of hydrogen-bond acceptors (Lipinski definition) is 2. The van der Waals surface area contributed by atoms with E-state index in [1.165, 1.54) is 0 Å². The molecule has 1 rings (SSSR count). The molecule has 3 heteroatoms. The van der Waals surface area contributed by atoms with Crippen LogP contribution < -0.4 is 0 Å². The van der Waals surface area contributed by atoms with Crippen molar-refractivity contribution in [1.29, 1.82) is 0 Å². The Balaban J connectivity index is 2.00. The van der Waals surface area contributed by atoms with Crippen molar-refractivity contribution in [3.63, 3.8) is 0 Å². The van der Waals surface area contributed by atoms with Crippen molar-refractivity contribution in [2.45, 2.75) is 6.29 Å². The van der Waals surface area contributed by atoms with E-state index in [0.717, 1.165) is 0 Å². The Bertz CT molecular complexity index is 34.6. The van der Waals surface area contributed by atoms with Crippen LogP contribution in [-0.4, -0.2) is 12.9 Å². The molecule has 0 aromatic heterocycles. The van der Waals surface area contributed by atoms with E-state index in [-0.39, 0.29) is 6.29 Å². The zero-order chi connectivity index (χ0) is 3.70. The first-order valence-corrected chi connectivity index (χ1v) is 1.63. The molecule has 0 N–H and O–H groups in total. The average molecular weight is 94.5 g/mol. The second kappa shape index (κ2) is 1.12. The highest BCUT2D eigenvalue weighted by molar-refractivity contribution is 6.07. The maximum absolute atomic E-state index is 4.77. The highest BCUT2D eigenvalue weighted by atomic mass is 35.5. The molecule has 1 unspecified atom stereocenters. The zero-order valence-corrected chi connectivity index (χ0v) is 3.23. The first kappa shape index (κ1) is 3.40. The van der Waals surface area contributed by atoms with E-state index in [9.17, 15) is 0 Å². The molecule has 1 fully saturated rings. The predicted molar refractivity (Wildman–Crippen MR) is 16.7 cm³/mol. The molecule has 0 saturated carbocycles. The van der Waals surface area contributed by atoms with Crippen LogP contribution in [0.5, 0.6) is 0 Å². The summed E-state index contributed by atoms with van der Waals surface area (Å²) in [5.41, 5.74) is 0. The Morgan fingerprint density at radius 1 is 2.00 bits per heavy atom. The largest absolute Gasteiger partial charge is 0.344 e. The van der Waals surface area contributed by atoms with Crippen molar-refractivity contribution in [3.05, 3.63) is 0 Å². The molecule has 0 spiro atoms. The van der Waals surface area contributed by atoms with Gasteiger partial charge in [-0.05, 0) is 0 Å². The molecule has 0 radical (unpaired) electrons. The second-order valence-electron chi connectivity index (χ2n) is 0.852. The monoisotopic (exact) mass is 94.0 g/mol. The molecule has 0 aromatic carbocycles. The molecule has 1 atom stereocenters. The normalized spacial score (nSPS) is 34.2. The third-order valence-electron chi connectivity index (χ3n) is 0.402. The lowest BCUT2D eigenvalue weighted by Gasteiger charge is -1.71. The van der Waals surface area contributed by atoms with Gasteiger partial charge >= 0.3 is 0 Å². The van der Waals surface area contributed by atoms with Crippen LogP contribution in [0.4, 0.5) is 0 Å². The summed E-state index contributed by atoms with van der Waals surface area (Å²) in [6, 6.07) is 0. The van der Waals surface area contributed by atoms with Crippen molar-refractivity contribution in [2.75, 3.05) is 6.61 Å². The molecular formula is C2H3ClO2. The van der Waals surface area contributed by atoms with Crippen LogP contribution in [0.2, 0.25) is 0 Å². The summed E-state index contributed by atoms with van der Waals surface area (Å²) in [7, 11) is 0. The number of ether oxygens (including phenoxy) is 1. The maximum Gasteiger partial charge on any atom is 0.200 e. The summed E-state index contributed by atoms with van der Waals surface area (Å²) in [5.74, 6) is 0. The van der Waals surface area contributed by atoms with Crippen molar-refractivity contribution < 1.29 is 9.03 Å². The summed E-state index contributed by atoms with van der Waals surface area (Å²) in [5, 5.41) is 0. The Labute approximate surface area is 34.8 Å². The highest BCUT2D eigenvalue weighted by Gasteiger charge is 2.22. The van der Waals surface area contributed by atoms with Gasteiger partial charge in [-0.2, -0.15) is 0 Å². The van der Waals surface area contributed by atoms with Crippen LogP contribution in [0, 0.1) is 0 Å². The number of halogens is 1. The Kier molecular flexibility index (Phi) is 0.765. The molecule has 2 nitrogen and oxygen atoms in total. The fraction of sp³-hybridized carbons (Fsp3) is 1.00. The van der Waals surface area contributed by atoms with E-state index in [0.29, 0.717) is 6.61 Å². The number of rotatable bonds is 1. The van der Waals surface area contributed by atoms with Gasteiger partial charge in [-0.25, -0.2) is 4.29 Å². The molecule has 0 amide bonds. The van der Waals surface area contributed by atoms with E-state index in [4.69, 9.17) is 11.9 Å². The lowest BCUT2D eigenvalue weighted by Crippen LogP contribution is -1.75. The Hall–Kier alpha value is 0.210. The van der Waals surface area contributed by atoms with Crippen molar-refractivity contribution in [2.24, 2.45) is 0 Å². The molecule has 1 aliphatic heterocycles. The molecule has 1 saturated heterocycles. The fourth-order valence-electron chi connectivity index (χ4n) is 0.0907. The lowest BCUT2D eigenvalue weighted by atomic mass is 10.9. The second-order valence-corrected chi connectivity index (χ2v) is 1.03. The van der Waals surface area contributed by atoms with Crippen LogP contribution in [0.1, 0.15) is 0 Å². The summed E-state index contributed by atoms with van der Waals surface area (Å²) >= 11 is 4.77. The van der Waals surface area contributed by atoms with Gasteiger partial charge in [0.2, 0.25) is 6.29 Å². The SMILES string of the molecule is ClOC1CO1. The predicted octanol–water partition coefficient (Wildman–Crippen LogP) is 0.513. The average Bonchev–Trinajstić information content (AvgIpc) is 2.12. The number of hydrogen-bond donors (Lipinski definition) is 0. The Morgan fingerprint density at radius 2 is 2.60 bits per heavy atom. The standard InChI is InChI=1S/C2H3ClO2/c3-5-2-1-4-2/h2H,1H2. The van der Waals surface area contributed by atoms with Crippen molar-refractivity contribution in [3.8, 4) is 0 Å². The van der Waals surface area contributed by atoms with Gasteiger partial charge in [-0.3, -0.25) is 0 Å². The van der Waals surface area contributed by atoms with Crippen LogP contribution in [0.15, 0.2) is 0 Å². The minimum Gasteiger partial charge on any atom is -0.344 e. The molecule has 0 bridgehead atoms. The minimum atomic E-state index is -0.100. The van der Waals surface area contributed by atoms with Gasteiger partial charge in [0.05, 0.1) is 11.9 Å². The quantitative estimate of drug-likeness (QED) is 0.442. The zero-order valence-electron chi connectivity index (χ0n) is 2.48. The molecule has 5 heavy (non-hydrogen) atoms. The van der Waals surface area contributed by atoms with E-state index in [1.807, 2.05) is 0 Å². The van der Waals surface area contributed by atoms with Crippen LogP contribution in [-0.2, 0) is 9.03 Å². The summed E-state index contributed by atoms with van der Waals surface area (Å²) in [4.78, 5) is 0. The minimum absolute atomic E-state index is 0.100. The topological polar surface area (TPSA) is 21.8 Å². The van der Waals surface area contributed by atoms with Crippen LogP contribution >= 0.6 is 11.9 Å². The summed E-state index contributed by atoms with van der Waals surface area (Å²) < 4.78 is 8.61. The molecule has 0 aliphatic carbocycles. The van der Waals surface area contributed by atoms with E-state index in [2.05, 4.69) is 9.03 Å². The first-order valence-electron chi connectivity index (χ1n) is 1.32. The number of epoxide rings is 1. The maximum atomic E-state index is 4.77. The molecule has 1 heterocycles. The van der Waals surface area contributed by atoms with Gasteiger partial charge in [0.25, 0.3) is 0 Å².